The third-order valence-corrected chi connectivity index (χ3v) is 2.60. The number of likely N-dealkylation sites (N-methyl/N-ethyl adjacent to an activating group) is 1. The molecule has 2 atom stereocenters. The molecule has 0 bridgehead atoms. The molecule has 0 radical (unpaired) electrons. The topological polar surface area (TPSA) is 78.6 Å². The number of amides is 1. The number of carboxylic acid groups (broad SMARTS) is 1. The van der Waals surface area contributed by atoms with Crippen LogP contribution in [0.5, 0.6) is 0 Å². The molecule has 0 saturated carbocycles. The Hall–Kier alpha value is -0.810. The highest BCUT2D eigenvalue weighted by Crippen LogP contribution is 2.16. The summed E-state index contributed by atoms with van der Waals surface area (Å²) >= 11 is 0. The van der Waals surface area contributed by atoms with Gasteiger partial charge >= 0.3 is 6.09 Å². The molecule has 1 amide bonds. The van der Waals surface area contributed by atoms with E-state index in [4.69, 9.17) is 5.11 Å². The first-order chi connectivity index (χ1) is 6.65. The molecule has 1 saturated heterocycles. The number of hydrogen-bond acceptors (Lipinski definition) is 3. The van der Waals surface area contributed by atoms with E-state index >= 15 is 0 Å². The summed E-state index contributed by atoms with van der Waals surface area (Å²) in [5.74, 6) is 0.575. The fraction of sp³-hybridized carbons (Fsp3) is 0.889. The van der Waals surface area contributed by atoms with E-state index in [1.165, 1.54) is 11.9 Å². The smallest absolute Gasteiger partial charge is 0.407 e. The molecule has 1 heterocycles. The van der Waals surface area contributed by atoms with Crippen LogP contribution in [0.3, 0.4) is 0 Å². The first kappa shape index (κ1) is 13.2. The van der Waals surface area contributed by atoms with Gasteiger partial charge in [-0.3, -0.25) is 0 Å². The summed E-state index contributed by atoms with van der Waals surface area (Å²) in [7, 11) is 3.38. The molecule has 0 aliphatic carbocycles. The fourth-order valence-electron chi connectivity index (χ4n) is 1.62. The van der Waals surface area contributed by atoms with Gasteiger partial charge in [-0.1, -0.05) is 6.92 Å². The minimum absolute atomic E-state index is 0.315. The first-order valence-corrected chi connectivity index (χ1v) is 4.88. The maximum Gasteiger partial charge on any atom is 0.407 e. The minimum atomic E-state index is -0.804. The predicted octanol–water partition coefficient (Wildman–Crippen LogP) is 0.169. The van der Waals surface area contributed by atoms with Crippen molar-refractivity contribution in [2.24, 2.45) is 11.7 Å². The molecular weight excluding hydrogens is 182 g/mol. The number of hydrogen-bond donors (Lipinski definition) is 3. The van der Waals surface area contributed by atoms with Crippen LogP contribution in [0.2, 0.25) is 0 Å². The molecular formula is C9H21N3O2. The molecule has 1 aliphatic rings. The van der Waals surface area contributed by atoms with Gasteiger partial charge < -0.3 is 21.1 Å². The Morgan fingerprint density at radius 3 is 2.57 bits per heavy atom. The summed E-state index contributed by atoms with van der Waals surface area (Å²) in [6.07, 6.45) is 0.153. The summed E-state index contributed by atoms with van der Waals surface area (Å²) < 4.78 is 0. The van der Waals surface area contributed by atoms with Crippen LogP contribution in [0.1, 0.15) is 13.3 Å². The quantitative estimate of drug-likeness (QED) is 0.567. The van der Waals surface area contributed by atoms with E-state index in [0.29, 0.717) is 25.0 Å². The molecule has 1 aliphatic heterocycles. The SMILES string of the molecule is CN.CNC1CN(C(=O)O)CCC1C. The van der Waals surface area contributed by atoms with Gasteiger partial charge in [0.1, 0.15) is 0 Å². The molecule has 5 heteroatoms. The van der Waals surface area contributed by atoms with Crippen molar-refractivity contribution in [3.05, 3.63) is 0 Å². The summed E-state index contributed by atoms with van der Waals surface area (Å²) in [4.78, 5) is 12.1. The van der Waals surface area contributed by atoms with Crippen LogP contribution >= 0.6 is 0 Å². The van der Waals surface area contributed by atoms with Gasteiger partial charge in [0.05, 0.1) is 0 Å². The van der Waals surface area contributed by atoms with Crippen LogP contribution in [-0.2, 0) is 0 Å². The summed E-state index contributed by atoms with van der Waals surface area (Å²) in [6.45, 7) is 3.45. The zero-order valence-electron chi connectivity index (χ0n) is 9.16. The Balaban J connectivity index is 0.000000791. The molecule has 2 unspecified atom stereocenters. The lowest BCUT2D eigenvalue weighted by Gasteiger charge is -2.35. The number of likely N-dealkylation sites (tertiary alicyclic amines) is 1. The van der Waals surface area contributed by atoms with Gasteiger partial charge in [0, 0.05) is 19.1 Å². The van der Waals surface area contributed by atoms with Crippen molar-refractivity contribution in [2.45, 2.75) is 19.4 Å². The van der Waals surface area contributed by atoms with Crippen LogP contribution in [0.15, 0.2) is 0 Å². The van der Waals surface area contributed by atoms with Gasteiger partial charge in [0.25, 0.3) is 0 Å². The Bertz CT molecular complexity index is 175. The molecule has 4 N–H and O–H groups in total. The van der Waals surface area contributed by atoms with E-state index in [1.54, 1.807) is 0 Å². The van der Waals surface area contributed by atoms with Crippen LogP contribution in [0, 0.1) is 5.92 Å². The van der Waals surface area contributed by atoms with Gasteiger partial charge in [-0.05, 0) is 26.4 Å². The van der Waals surface area contributed by atoms with Gasteiger partial charge in [0.15, 0.2) is 0 Å². The summed E-state index contributed by atoms with van der Waals surface area (Å²) in [6, 6.07) is 0.315. The van der Waals surface area contributed by atoms with E-state index in [1.807, 2.05) is 7.05 Å². The third-order valence-electron chi connectivity index (χ3n) is 2.60. The van der Waals surface area contributed by atoms with Crippen LogP contribution in [-0.4, -0.2) is 49.3 Å². The molecule has 0 aromatic rings. The third kappa shape index (κ3) is 3.51. The number of nitrogens with two attached hydrogens (primary N) is 1. The summed E-state index contributed by atoms with van der Waals surface area (Å²) in [5, 5.41) is 11.9. The van der Waals surface area contributed by atoms with Crippen molar-refractivity contribution in [1.82, 2.24) is 10.2 Å². The van der Waals surface area contributed by atoms with E-state index in [2.05, 4.69) is 18.0 Å². The summed E-state index contributed by atoms with van der Waals surface area (Å²) in [5.41, 5.74) is 4.50. The van der Waals surface area contributed by atoms with Crippen LogP contribution in [0.25, 0.3) is 0 Å². The standard InChI is InChI=1S/C8H16N2O2.CH5N/c1-6-3-4-10(8(11)12)5-7(6)9-2;1-2/h6-7,9H,3-5H2,1-2H3,(H,11,12);2H2,1H3. The largest absolute Gasteiger partial charge is 0.465 e. The number of carbonyl (C=O) groups is 1. The van der Waals surface area contributed by atoms with Gasteiger partial charge in [-0.2, -0.15) is 0 Å². The van der Waals surface area contributed by atoms with Crippen molar-refractivity contribution >= 4 is 6.09 Å². The second kappa shape index (κ2) is 6.62. The highest BCUT2D eigenvalue weighted by atomic mass is 16.4. The molecule has 0 aromatic heterocycles. The molecule has 14 heavy (non-hydrogen) atoms. The Morgan fingerprint density at radius 1 is 1.57 bits per heavy atom. The second-order valence-electron chi connectivity index (χ2n) is 3.39. The lowest BCUT2D eigenvalue weighted by atomic mass is 9.94. The first-order valence-electron chi connectivity index (χ1n) is 4.88. The highest BCUT2D eigenvalue weighted by Gasteiger charge is 2.27. The number of nitrogens with one attached hydrogen (secondary N) is 1. The molecule has 0 aromatic carbocycles. The van der Waals surface area contributed by atoms with Gasteiger partial charge in [0.2, 0.25) is 0 Å². The normalized spacial score (nSPS) is 26.4. The maximum atomic E-state index is 10.6. The van der Waals surface area contributed by atoms with E-state index < -0.39 is 6.09 Å². The van der Waals surface area contributed by atoms with Crippen molar-refractivity contribution < 1.29 is 9.90 Å². The van der Waals surface area contributed by atoms with E-state index in [0.717, 1.165) is 6.42 Å². The van der Waals surface area contributed by atoms with Crippen molar-refractivity contribution in [1.29, 1.82) is 0 Å². The Labute approximate surface area is 85.3 Å². The fourth-order valence-corrected chi connectivity index (χ4v) is 1.62. The number of rotatable bonds is 1. The van der Waals surface area contributed by atoms with E-state index in [-0.39, 0.29) is 0 Å². The number of nitrogens with zero attached hydrogens (tertiary/aromatic N) is 1. The lowest BCUT2D eigenvalue weighted by molar-refractivity contribution is 0.113. The maximum absolute atomic E-state index is 10.6. The zero-order chi connectivity index (χ0) is 11.1. The molecule has 0 spiro atoms. The molecule has 84 valence electrons. The molecule has 1 rings (SSSR count). The highest BCUT2D eigenvalue weighted by molar-refractivity contribution is 5.65. The van der Waals surface area contributed by atoms with Crippen LogP contribution in [0.4, 0.5) is 4.79 Å². The van der Waals surface area contributed by atoms with Crippen molar-refractivity contribution in [2.75, 3.05) is 27.2 Å². The number of piperidine rings is 1. The van der Waals surface area contributed by atoms with Crippen LogP contribution < -0.4 is 11.1 Å². The average molecular weight is 203 g/mol. The van der Waals surface area contributed by atoms with E-state index in [9.17, 15) is 4.79 Å². The molecule has 5 nitrogen and oxygen atoms in total. The van der Waals surface area contributed by atoms with Gasteiger partial charge in [-0.25, -0.2) is 4.79 Å². The zero-order valence-corrected chi connectivity index (χ0v) is 9.16. The second-order valence-corrected chi connectivity index (χ2v) is 3.39. The van der Waals surface area contributed by atoms with Crippen molar-refractivity contribution in [3.63, 3.8) is 0 Å². The predicted molar refractivity (Wildman–Crippen MR) is 56.3 cm³/mol. The molecule has 1 fully saturated rings. The minimum Gasteiger partial charge on any atom is -0.465 e. The average Bonchev–Trinajstić information content (AvgIpc) is 2.21. The Kier molecular flexibility index (Phi) is 6.23. The van der Waals surface area contributed by atoms with Crippen molar-refractivity contribution in [3.8, 4) is 0 Å². The lowest BCUT2D eigenvalue weighted by Crippen LogP contribution is -2.50. The van der Waals surface area contributed by atoms with Gasteiger partial charge in [-0.15, -0.1) is 0 Å². The monoisotopic (exact) mass is 203 g/mol. The Morgan fingerprint density at radius 2 is 2.14 bits per heavy atom.